The molecule has 0 fully saturated rings. The molecular formula is C27H17F9N2O. The van der Waals surface area contributed by atoms with E-state index in [-0.39, 0.29) is 0 Å². The van der Waals surface area contributed by atoms with Crippen molar-refractivity contribution in [2.75, 3.05) is 6.61 Å². The van der Waals surface area contributed by atoms with Crippen LogP contribution in [0.2, 0.25) is 0 Å². The van der Waals surface area contributed by atoms with Crippen molar-refractivity contribution in [3.8, 4) is 17.1 Å². The minimum Gasteiger partial charge on any atom is -0.487 e. The molecule has 0 N–H and O–H groups in total. The molecule has 0 aliphatic carbocycles. The van der Waals surface area contributed by atoms with Gasteiger partial charge in [-0.05, 0) is 41.1 Å². The van der Waals surface area contributed by atoms with Gasteiger partial charge in [-0.25, -0.2) is 0 Å². The summed E-state index contributed by atoms with van der Waals surface area (Å²) >= 11 is 0. The average molecular weight is 556 g/mol. The second kappa shape index (κ2) is 8.99. The summed E-state index contributed by atoms with van der Waals surface area (Å²) < 4.78 is 128. The van der Waals surface area contributed by atoms with Gasteiger partial charge in [0.2, 0.25) is 0 Å². The molecule has 0 bridgehead atoms. The molecule has 0 saturated carbocycles. The van der Waals surface area contributed by atoms with Gasteiger partial charge < -0.3 is 13.9 Å². The molecule has 0 saturated heterocycles. The smallest absolute Gasteiger partial charge is 0.460 e. The lowest BCUT2D eigenvalue weighted by Crippen LogP contribution is -2.62. The molecule has 0 amide bonds. The van der Waals surface area contributed by atoms with Gasteiger partial charge in [0.05, 0.1) is 22.4 Å². The summed E-state index contributed by atoms with van der Waals surface area (Å²) in [5.74, 6) is -20.1. The van der Waals surface area contributed by atoms with Gasteiger partial charge in [-0.15, -0.1) is 0 Å². The third-order valence-electron chi connectivity index (χ3n) is 6.26. The van der Waals surface area contributed by atoms with Gasteiger partial charge in [-0.3, -0.25) is 0 Å². The number of alkyl halides is 9. The maximum absolute atomic E-state index is 14.2. The molecule has 12 heteroatoms. The van der Waals surface area contributed by atoms with Crippen molar-refractivity contribution in [1.29, 1.82) is 0 Å². The highest BCUT2D eigenvalue weighted by Gasteiger charge is 2.81. The van der Waals surface area contributed by atoms with E-state index in [0.29, 0.717) is 22.4 Å². The SMILES string of the molecule is FC(F)(F)C(F)(F)C(F)(F)C(F)(F)COc1cc(-n2ccc3ccccc32)cc(-n2ccc3ccccc32)c1. The Labute approximate surface area is 214 Å². The van der Waals surface area contributed by atoms with Gasteiger partial charge in [0, 0.05) is 24.5 Å². The van der Waals surface area contributed by atoms with Gasteiger partial charge >= 0.3 is 23.9 Å². The van der Waals surface area contributed by atoms with Crippen LogP contribution in [-0.2, 0) is 0 Å². The minimum atomic E-state index is -6.99. The molecule has 0 atom stereocenters. The van der Waals surface area contributed by atoms with Crippen LogP contribution in [0.1, 0.15) is 0 Å². The molecule has 5 aromatic rings. The fourth-order valence-corrected chi connectivity index (χ4v) is 4.22. The lowest BCUT2D eigenvalue weighted by molar-refractivity contribution is -0.398. The van der Waals surface area contributed by atoms with Gasteiger partial charge in [0.1, 0.15) is 5.75 Å². The van der Waals surface area contributed by atoms with Crippen LogP contribution in [0, 0.1) is 0 Å². The maximum Gasteiger partial charge on any atom is 0.460 e. The van der Waals surface area contributed by atoms with Crippen LogP contribution in [0.5, 0.6) is 5.75 Å². The summed E-state index contributed by atoms with van der Waals surface area (Å²) in [4.78, 5) is 0. The van der Waals surface area contributed by atoms with Crippen molar-refractivity contribution in [3.63, 3.8) is 0 Å². The summed E-state index contributed by atoms with van der Waals surface area (Å²) in [6.07, 6.45) is -3.58. The zero-order valence-electron chi connectivity index (χ0n) is 19.6. The Morgan fingerprint density at radius 2 is 1.03 bits per heavy atom. The van der Waals surface area contributed by atoms with Crippen molar-refractivity contribution in [1.82, 2.24) is 9.13 Å². The summed E-state index contributed by atoms with van der Waals surface area (Å²) in [6.45, 7) is -2.44. The molecule has 204 valence electrons. The number of aromatic nitrogens is 2. The molecule has 0 aliphatic heterocycles. The van der Waals surface area contributed by atoms with Crippen LogP contribution >= 0.6 is 0 Å². The summed E-state index contributed by atoms with van der Waals surface area (Å²) in [5.41, 5.74) is 2.05. The van der Waals surface area contributed by atoms with Crippen molar-refractivity contribution < 1.29 is 44.3 Å². The van der Waals surface area contributed by atoms with Gasteiger partial charge in [0.15, 0.2) is 6.61 Å². The van der Waals surface area contributed by atoms with Gasteiger partial charge in [0.25, 0.3) is 0 Å². The molecule has 3 nitrogen and oxygen atoms in total. The maximum atomic E-state index is 14.2. The molecular weight excluding hydrogens is 539 g/mol. The molecule has 3 aromatic carbocycles. The summed E-state index contributed by atoms with van der Waals surface area (Å²) in [5, 5.41) is 1.63. The second-order valence-electron chi connectivity index (χ2n) is 8.81. The quantitative estimate of drug-likeness (QED) is 0.184. The Hall–Kier alpha value is -4.09. The number of halogens is 9. The summed E-state index contributed by atoms with van der Waals surface area (Å²) in [7, 11) is 0. The molecule has 0 unspecified atom stereocenters. The number of para-hydroxylation sites is 2. The highest BCUT2D eigenvalue weighted by Crippen LogP contribution is 2.53. The largest absolute Gasteiger partial charge is 0.487 e. The molecule has 0 radical (unpaired) electrons. The van der Waals surface area contributed by atoms with Gasteiger partial charge in [-0.1, -0.05) is 36.4 Å². The Morgan fingerprint density at radius 1 is 0.564 bits per heavy atom. The number of fused-ring (bicyclic) bond motifs is 2. The van der Waals surface area contributed by atoms with E-state index in [9.17, 15) is 39.5 Å². The topological polar surface area (TPSA) is 19.1 Å². The predicted molar refractivity (Wildman–Crippen MR) is 126 cm³/mol. The van der Waals surface area contributed by atoms with E-state index in [4.69, 9.17) is 4.74 Å². The van der Waals surface area contributed by atoms with E-state index >= 15 is 0 Å². The van der Waals surface area contributed by atoms with Crippen LogP contribution in [0.3, 0.4) is 0 Å². The summed E-state index contributed by atoms with van der Waals surface area (Å²) in [6, 6.07) is 21.8. The third kappa shape index (κ3) is 4.37. The number of rotatable bonds is 7. The van der Waals surface area contributed by atoms with Crippen LogP contribution in [0.25, 0.3) is 33.2 Å². The number of nitrogens with zero attached hydrogens (tertiary/aromatic N) is 2. The van der Waals surface area contributed by atoms with Crippen LogP contribution in [0.4, 0.5) is 39.5 Å². The molecule has 0 spiro atoms. The van der Waals surface area contributed by atoms with Crippen LogP contribution in [0.15, 0.2) is 91.3 Å². The zero-order chi connectivity index (χ0) is 28.2. The number of hydrogen-bond donors (Lipinski definition) is 0. The molecule has 2 aromatic heterocycles. The first-order chi connectivity index (χ1) is 18.2. The Kier molecular flexibility index (Phi) is 6.11. The van der Waals surface area contributed by atoms with Crippen molar-refractivity contribution in [3.05, 3.63) is 91.3 Å². The lowest BCUT2D eigenvalue weighted by Gasteiger charge is -2.33. The van der Waals surface area contributed by atoms with Gasteiger partial charge in [-0.2, -0.15) is 39.5 Å². The monoisotopic (exact) mass is 556 g/mol. The van der Waals surface area contributed by atoms with Crippen LogP contribution in [-0.4, -0.2) is 39.7 Å². The average Bonchev–Trinajstić information content (AvgIpc) is 3.51. The lowest BCUT2D eigenvalue weighted by atomic mass is 10.0. The standard InChI is InChI=1S/C27H17F9N2O/c28-24(29,25(30,31)26(32,33)27(34,35)36)16-39-21-14-19(37-11-9-17-5-1-3-7-22(17)37)13-20(15-21)38-12-10-18-6-2-4-8-23(18)38/h1-15H,16H2. The first-order valence-corrected chi connectivity index (χ1v) is 11.3. The zero-order valence-corrected chi connectivity index (χ0v) is 19.6. The molecule has 0 aliphatic rings. The Morgan fingerprint density at radius 3 is 1.49 bits per heavy atom. The molecule has 5 rings (SSSR count). The fourth-order valence-electron chi connectivity index (χ4n) is 4.22. The predicted octanol–water partition coefficient (Wildman–Crippen LogP) is 8.42. The van der Waals surface area contributed by atoms with Crippen molar-refractivity contribution >= 4 is 21.8 Å². The van der Waals surface area contributed by atoms with E-state index < -0.39 is 36.3 Å². The van der Waals surface area contributed by atoms with E-state index in [1.54, 1.807) is 76.1 Å². The highest BCUT2D eigenvalue weighted by molar-refractivity contribution is 5.83. The normalized spacial score (nSPS) is 13.4. The third-order valence-corrected chi connectivity index (χ3v) is 6.26. The van der Waals surface area contributed by atoms with Crippen LogP contribution < -0.4 is 4.74 Å². The second-order valence-corrected chi connectivity index (χ2v) is 8.81. The van der Waals surface area contributed by atoms with Crippen molar-refractivity contribution in [2.45, 2.75) is 23.9 Å². The number of ether oxygens (including phenoxy) is 1. The Balaban J connectivity index is 1.57. The highest BCUT2D eigenvalue weighted by atomic mass is 19.4. The first kappa shape index (κ1) is 26.5. The Bertz CT molecular complexity index is 1560. The minimum absolute atomic E-state index is 0.331. The van der Waals surface area contributed by atoms with E-state index in [1.165, 1.54) is 12.1 Å². The first-order valence-electron chi connectivity index (χ1n) is 11.3. The van der Waals surface area contributed by atoms with E-state index in [0.717, 1.165) is 10.8 Å². The number of hydrogen-bond acceptors (Lipinski definition) is 1. The molecule has 39 heavy (non-hydrogen) atoms. The van der Waals surface area contributed by atoms with Crippen molar-refractivity contribution in [2.24, 2.45) is 0 Å². The number of benzene rings is 3. The fraction of sp³-hybridized carbons (Fsp3) is 0.185. The van der Waals surface area contributed by atoms with E-state index in [2.05, 4.69) is 0 Å². The molecule has 2 heterocycles. The van der Waals surface area contributed by atoms with E-state index in [1.807, 2.05) is 12.1 Å².